The molecule has 0 aromatic carbocycles. The van der Waals surface area contributed by atoms with Gasteiger partial charge in [0.1, 0.15) is 0 Å². The van der Waals surface area contributed by atoms with E-state index in [1.165, 1.54) is 0 Å². The first-order chi connectivity index (χ1) is 10.5. The maximum absolute atomic E-state index is 12.3. The number of rotatable bonds is 5. The van der Waals surface area contributed by atoms with E-state index in [0.29, 0.717) is 32.5 Å². The van der Waals surface area contributed by atoms with Crippen LogP contribution in [0.25, 0.3) is 0 Å². The first-order valence-corrected chi connectivity index (χ1v) is 7.72. The van der Waals surface area contributed by atoms with Gasteiger partial charge >= 0.3 is 0 Å². The van der Waals surface area contributed by atoms with E-state index in [9.17, 15) is 9.59 Å². The van der Waals surface area contributed by atoms with Crippen molar-refractivity contribution < 1.29 is 9.59 Å². The molecule has 2 heterocycles. The number of carbonyl (C=O) groups excluding carboxylic acids is 2. The van der Waals surface area contributed by atoms with Crippen molar-refractivity contribution in [1.82, 2.24) is 25.3 Å². The molecule has 0 bridgehead atoms. The zero-order valence-electron chi connectivity index (χ0n) is 13.6. The largest absolute Gasteiger partial charge is 0.358 e. The lowest BCUT2D eigenvalue weighted by Gasteiger charge is -2.34. The lowest BCUT2D eigenvalue weighted by Crippen LogP contribution is -2.50. The van der Waals surface area contributed by atoms with Crippen LogP contribution in [0.5, 0.6) is 0 Å². The number of nitrogens with one attached hydrogen (secondary N) is 2. The lowest BCUT2D eigenvalue weighted by molar-refractivity contribution is -0.133. The van der Waals surface area contributed by atoms with E-state index in [-0.39, 0.29) is 11.8 Å². The van der Waals surface area contributed by atoms with E-state index >= 15 is 0 Å². The summed E-state index contributed by atoms with van der Waals surface area (Å²) in [7, 11) is 1.64. The van der Waals surface area contributed by atoms with Crippen LogP contribution in [-0.4, -0.2) is 71.6 Å². The number of likely N-dealkylation sites (N-methyl/N-ethyl adjacent to an activating group) is 1. The molecule has 0 radical (unpaired) electrons. The fraction of sp³-hybridized carbons (Fsp3) is 0.667. The van der Waals surface area contributed by atoms with E-state index in [1.54, 1.807) is 7.05 Å². The highest BCUT2D eigenvalue weighted by atomic mass is 16.2. The zero-order valence-corrected chi connectivity index (χ0v) is 13.6. The molecule has 7 nitrogen and oxygen atoms in total. The van der Waals surface area contributed by atoms with E-state index in [1.807, 2.05) is 18.7 Å². The average molecular weight is 307 g/mol. The quantitative estimate of drug-likeness (QED) is 0.793. The molecule has 0 atom stereocenters. The second-order valence-electron chi connectivity index (χ2n) is 5.75. The maximum Gasteiger partial charge on any atom is 0.233 e. The standard InChI is InChI=1S/C15H25N5O2/c1-11-12(2)17-18-13(11)4-5-15(22)20-8-6-19(7-9-20)10-14(21)16-3/h4-10H2,1-3H3,(H,16,21)(H,17,18). The van der Waals surface area contributed by atoms with Gasteiger partial charge < -0.3 is 10.2 Å². The number of hydrogen-bond acceptors (Lipinski definition) is 4. The van der Waals surface area contributed by atoms with Crippen LogP contribution in [-0.2, 0) is 16.0 Å². The number of amides is 2. The topological polar surface area (TPSA) is 81.3 Å². The Morgan fingerprint density at radius 2 is 1.91 bits per heavy atom. The summed E-state index contributed by atoms with van der Waals surface area (Å²) in [6.45, 7) is 7.29. The number of piperazine rings is 1. The summed E-state index contributed by atoms with van der Waals surface area (Å²) >= 11 is 0. The monoisotopic (exact) mass is 307 g/mol. The van der Waals surface area contributed by atoms with Gasteiger partial charge in [-0.05, 0) is 19.4 Å². The van der Waals surface area contributed by atoms with Crippen molar-refractivity contribution in [2.24, 2.45) is 0 Å². The second-order valence-corrected chi connectivity index (χ2v) is 5.75. The highest BCUT2D eigenvalue weighted by molar-refractivity contribution is 5.78. The molecule has 122 valence electrons. The zero-order chi connectivity index (χ0) is 16.1. The molecule has 0 unspecified atom stereocenters. The normalized spacial score (nSPS) is 15.9. The number of aromatic nitrogens is 2. The Bertz CT molecular complexity index is 532. The summed E-state index contributed by atoms with van der Waals surface area (Å²) in [6.07, 6.45) is 1.16. The van der Waals surface area contributed by atoms with Gasteiger partial charge in [-0.15, -0.1) is 0 Å². The van der Waals surface area contributed by atoms with Crippen LogP contribution in [0.3, 0.4) is 0 Å². The van der Waals surface area contributed by atoms with Gasteiger partial charge in [0.2, 0.25) is 11.8 Å². The molecule has 0 aliphatic carbocycles. The number of hydrogen-bond donors (Lipinski definition) is 2. The average Bonchev–Trinajstić information content (AvgIpc) is 2.85. The van der Waals surface area contributed by atoms with E-state index < -0.39 is 0 Å². The van der Waals surface area contributed by atoms with Gasteiger partial charge in [0, 0.05) is 51.8 Å². The Morgan fingerprint density at radius 3 is 2.45 bits per heavy atom. The molecule has 1 aliphatic rings. The Kier molecular flexibility index (Phi) is 5.54. The summed E-state index contributed by atoms with van der Waals surface area (Å²) in [4.78, 5) is 27.6. The molecule has 7 heteroatoms. The number of carbonyl (C=O) groups is 2. The third-order valence-corrected chi connectivity index (χ3v) is 4.30. The maximum atomic E-state index is 12.3. The van der Waals surface area contributed by atoms with Crippen molar-refractivity contribution in [2.45, 2.75) is 26.7 Å². The predicted octanol–water partition coefficient (Wildman–Crippen LogP) is -0.151. The van der Waals surface area contributed by atoms with Crippen LogP contribution in [0.2, 0.25) is 0 Å². The fourth-order valence-corrected chi connectivity index (χ4v) is 2.60. The molecule has 2 N–H and O–H groups in total. The third kappa shape index (κ3) is 4.07. The number of aryl methyl sites for hydroxylation is 2. The lowest BCUT2D eigenvalue weighted by atomic mass is 10.1. The van der Waals surface area contributed by atoms with Crippen LogP contribution >= 0.6 is 0 Å². The number of aromatic amines is 1. The first-order valence-electron chi connectivity index (χ1n) is 7.72. The Morgan fingerprint density at radius 1 is 1.23 bits per heavy atom. The van der Waals surface area contributed by atoms with Gasteiger partial charge in [-0.1, -0.05) is 0 Å². The Hall–Kier alpha value is -1.89. The van der Waals surface area contributed by atoms with Gasteiger partial charge in [0.15, 0.2) is 0 Å². The summed E-state index contributed by atoms with van der Waals surface area (Å²) in [6, 6.07) is 0. The minimum atomic E-state index is 0.0177. The number of nitrogens with zero attached hydrogens (tertiary/aromatic N) is 3. The van der Waals surface area contributed by atoms with Gasteiger partial charge in [-0.2, -0.15) is 5.10 Å². The minimum absolute atomic E-state index is 0.0177. The Labute approximate surface area is 131 Å². The molecule has 1 saturated heterocycles. The van der Waals surface area contributed by atoms with Crippen LogP contribution in [0, 0.1) is 13.8 Å². The van der Waals surface area contributed by atoms with Gasteiger partial charge in [0.05, 0.1) is 12.2 Å². The van der Waals surface area contributed by atoms with Gasteiger partial charge in [0.25, 0.3) is 0 Å². The molecule has 1 aromatic rings. The minimum Gasteiger partial charge on any atom is -0.358 e. The molecule has 0 saturated carbocycles. The van der Waals surface area contributed by atoms with Crippen molar-refractivity contribution in [1.29, 1.82) is 0 Å². The van der Waals surface area contributed by atoms with Crippen molar-refractivity contribution >= 4 is 11.8 Å². The van der Waals surface area contributed by atoms with Gasteiger partial charge in [-0.25, -0.2) is 0 Å². The van der Waals surface area contributed by atoms with Crippen LogP contribution < -0.4 is 5.32 Å². The van der Waals surface area contributed by atoms with Gasteiger partial charge in [-0.3, -0.25) is 19.6 Å². The molecule has 1 aliphatic heterocycles. The van der Waals surface area contributed by atoms with Crippen LogP contribution in [0.15, 0.2) is 0 Å². The van der Waals surface area contributed by atoms with E-state index in [0.717, 1.165) is 30.0 Å². The summed E-state index contributed by atoms with van der Waals surface area (Å²) in [5, 5.41) is 9.81. The highest BCUT2D eigenvalue weighted by Gasteiger charge is 2.22. The summed E-state index contributed by atoms with van der Waals surface area (Å²) < 4.78 is 0. The highest BCUT2D eigenvalue weighted by Crippen LogP contribution is 2.12. The van der Waals surface area contributed by atoms with E-state index in [2.05, 4.69) is 20.4 Å². The molecule has 1 fully saturated rings. The van der Waals surface area contributed by atoms with Crippen molar-refractivity contribution in [3.63, 3.8) is 0 Å². The second kappa shape index (κ2) is 7.40. The summed E-state index contributed by atoms with van der Waals surface area (Å²) in [5.74, 6) is 0.184. The third-order valence-electron chi connectivity index (χ3n) is 4.30. The molecular formula is C15H25N5O2. The molecule has 2 rings (SSSR count). The molecule has 22 heavy (non-hydrogen) atoms. The molecule has 1 aromatic heterocycles. The number of H-pyrrole nitrogens is 1. The summed E-state index contributed by atoms with van der Waals surface area (Å²) in [5.41, 5.74) is 3.18. The first kappa shape index (κ1) is 16.5. The van der Waals surface area contributed by atoms with Crippen molar-refractivity contribution in [3.8, 4) is 0 Å². The molecule has 0 spiro atoms. The Balaban J connectivity index is 1.75. The molecular weight excluding hydrogens is 282 g/mol. The SMILES string of the molecule is CNC(=O)CN1CCN(C(=O)CCc2n[nH]c(C)c2C)CC1. The molecule has 2 amide bonds. The fourth-order valence-electron chi connectivity index (χ4n) is 2.60. The van der Waals surface area contributed by atoms with Crippen LogP contribution in [0.4, 0.5) is 0 Å². The van der Waals surface area contributed by atoms with E-state index in [4.69, 9.17) is 0 Å². The van der Waals surface area contributed by atoms with Crippen molar-refractivity contribution in [3.05, 3.63) is 17.0 Å². The van der Waals surface area contributed by atoms with Crippen LogP contribution in [0.1, 0.15) is 23.4 Å². The predicted molar refractivity (Wildman–Crippen MR) is 83.5 cm³/mol. The smallest absolute Gasteiger partial charge is 0.233 e. The van der Waals surface area contributed by atoms with Crippen molar-refractivity contribution in [2.75, 3.05) is 39.8 Å².